The zero-order chi connectivity index (χ0) is 15.0. The van der Waals surface area contributed by atoms with E-state index in [1.54, 1.807) is 16.6 Å². The minimum Gasteiger partial charge on any atom is -0.363 e. The third kappa shape index (κ3) is 3.17. The summed E-state index contributed by atoms with van der Waals surface area (Å²) in [5.74, 6) is 0. The Morgan fingerprint density at radius 1 is 1.24 bits per heavy atom. The molecule has 2 atom stereocenters. The molecule has 1 aliphatic carbocycles. The van der Waals surface area contributed by atoms with E-state index in [0.717, 1.165) is 25.0 Å². The first-order valence-electron chi connectivity index (χ1n) is 7.92. The lowest BCUT2D eigenvalue weighted by molar-refractivity contribution is 0.204. The molecule has 1 aliphatic heterocycles. The maximum atomic E-state index is 12.9. The Morgan fingerprint density at radius 2 is 1.90 bits per heavy atom. The van der Waals surface area contributed by atoms with Gasteiger partial charge in [-0.1, -0.05) is 6.42 Å². The molecular formula is C15H25N3O2S. The van der Waals surface area contributed by atoms with Crippen LogP contribution >= 0.6 is 0 Å². The molecule has 118 valence electrons. The molecule has 21 heavy (non-hydrogen) atoms. The van der Waals surface area contributed by atoms with Crippen molar-refractivity contribution in [3.63, 3.8) is 0 Å². The minimum absolute atomic E-state index is 0.0849. The van der Waals surface area contributed by atoms with E-state index in [-0.39, 0.29) is 12.1 Å². The molecule has 3 rings (SSSR count). The number of piperidine rings is 1. The van der Waals surface area contributed by atoms with Gasteiger partial charge in [0, 0.05) is 36.6 Å². The highest BCUT2D eigenvalue weighted by Gasteiger charge is 2.36. The Bertz CT molecular complexity index is 582. The lowest BCUT2D eigenvalue weighted by Crippen LogP contribution is -2.47. The molecule has 2 aliphatic rings. The molecular weight excluding hydrogens is 286 g/mol. The number of aromatic nitrogens is 1. The van der Waals surface area contributed by atoms with E-state index in [2.05, 4.69) is 10.3 Å². The van der Waals surface area contributed by atoms with Crippen LogP contribution in [-0.2, 0) is 16.6 Å². The molecule has 0 amide bonds. The Kier molecular flexibility index (Phi) is 4.12. The van der Waals surface area contributed by atoms with Crippen molar-refractivity contribution in [2.75, 3.05) is 0 Å². The average Bonchev–Trinajstić information content (AvgIpc) is 3.12. The predicted molar refractivity (Wildman–Crippen MR) is 82.5 cm³/mol. The summed E-state index contributed by atoms with van der Waals surface area (Å²) in [5.41, 5.74) is 0.942. The minimum atomic E-state index is -3.39. The van der Waals surface area contributed by atoms with E-state index in [9.17, 15) is 8.42 Å². The number of sulfonamides is 1. The first-order chi connectivity index (χ1) is 9.98. The van der Waals surface area contributed by atoms with Gasteiger partial charge in [-0.3, -0.25) is 0 Å². The van der Waals surface area contributed by atoms with Crippen LogP contribution in [0.2, 0.25) is 0 Å². The van der Waals surface area contributed by atoms with Gasteiger partial charge in [-0.05, 0) is 45.6 Å². The molecule has 2 N–H and O–H groups in total. The van der Waals surface area contributed by atoms with E-state index < -0.39 is 10.0 Å². The van der Waals surface area contributed by atoms with Crippen LogP contribution in [0, 0.1) is 0 Å². The van der Waals surface area contributed by atoms with Crippen molar-refractivity contribution < 1.29 is 8.42 Å². The van der Waals surface area contributed by atoms with Crippen molar-refractivity contribution in [2.45, 2.75) is 75.5 Å². The standard InChI is InChI=1S/C15H25N3O2S/c1-11-4-3-5-12(2)18(11)21(19,20)15-8-14(17-10-15)9-16-13-6-7-13/h8,10-13,16-17H,3-7,9H2,1-2H3. The average molecular weight is 311 g/mol. The number of hydrogen-bond donors (Lipinski definition) is 2. The molecule has 2 fully saturated rings. The van der Waals surface area contributed by atoms with Crippen molar-refractivity contribution in [3.8, 4) is 0 Å². The van der Waals surface area contributed by atoms with Crippen molar-refractivity contribution in [3.05, 3.63) is 18.0 Å². The van der Waals surface area contributed by atoms with Crippen molar-refractivity contribution >= 4 is 10.0 Å². The number of aromatic amines is 1. The van der Waals surface area contributed by atoms with Crippen molar-refractivity contribution in [1.82, 2.24) is 14.6 Å². The maximum absolute atomic E-state index is 12.9. The zero-order valence-electron chi connectivity index (χ0n) is 12.8. The number of H-pyrrole nitrogens is 1. The van der Waals surface area contributed by atoms with Crippen LogP contribution in [-0.4, -0.2) is 35.8 Å². The third-order valence-electron chi connectivity index (χ3n) is 4.56. The second kappa shape index (κ2) is 5.74. The van der Waals surface area contributed by atoms with Gasteiger partial charge in [-0.25, -0.2) is 8.42 Å². The number of rotatable bonds is 5. The molecule has 5 nitrogen and oxygen atoms in total. The summed E-state index contributed by atoms with van der Waals surface area (Å²) in [6.07, 6.45) is 7.10. The summed E-state index contributed by atoms with van der Waals surface area (Å²) in [6, 6.07) is 2.57. The van der Waals surface area contributed by atoms with E-state index >= 15 is 0 Å². The molecule has 6 heteroatoms. The molecule has 0 spiro atoms. The summed E-state index contributed by atoms with van der Waals surface area (Å²) >= 11 is 0. The van der Waals surface area contributed by atoms with Gasteiger partial charge in [-0.15, -0.1) is 0 Å². The van der Waals surface area contributed by atoms with Crippen LogP contribution in [0.5, 0.6) is 0 Å². The highest BCUT2D eigenvalue weighted by Crippen LogP contribution is 2.29. The molecule has 1 aromatic rings. The highest BCUT2D eigenvalue weighted by atomic mass is 32.2. The Balaban J connectivity index is 1.76. The zero-order valence-corrected chi connectivity index (χ0v) is 13.6. The second-order valence-electron chi connectivity index (χ2n) is 6.48. The number of nitrogens with zero attached hydrogens (tertiary/aromatic N) is 1. The van der Waals surface area contributed by atoms with Crippen molar-refractivity contribution in [2.24, 2.45) is 0 Å². The van der Waals surface area contributed by atoms with Crippen LogP contribution in [0.15, 0.2) is 17.2 Å². The van der Waals surface area contributed by atoms with Gasteiger partial charge in [0.15, 0.2) is 0 Å². The Hall–Kier alpha value is -0.850. The van der Waals surface area contributed by atoms with Crippen LogP contribution in [0.4, 0.5) is 0 Å². The number of hydrogen-bond acceptors (Lipinski definition) is 3. The SMILES string of the molecule is CC1CCCC(C)N1S(=O)(=O)c1c[nH]c(CNC2CC2)c1. The van der Waals surface area contributed by atoms with E-state index in [4.69, 9.17) is 0 Å². The van der Waals surface area contributed by atoms with Gasteiger partial charge in [0.2, 0.25) is 10.0 Å². The largest absolute Gasteiger partial charge is 0.363 e. The normalized spacial score (nSPS) is 27.9. The van der Waals surface area contributed by atoms with Crippen LogP contribution < -0.4 is 5.32 Å². The summed E-state index contributed by atoms with van der Waals surface area (Å²) in [5, 5.41) is 3.40. The first kappa shape index (κ1) is 15.1. The van der Waals surface area contributed by atoms with Crippen LogP contribution in [0.3, 0.4) is 0 Å². The van der Waals surface area contributed by atoms with E-state index in [0.29, 0.717) is 17.5 Å². The van der Waals surface area contributed by atoms with Gasteiger partial charge < -0.3 is 10.3 Å². The molecule has 0 aromatic carbocycles. The molecule has 0 bridgehead atoms. The maximum Gasteiger partial charge on any atom is 0.245 e. The fourth-order valence-corrected chi connectivity index (χ4v) is 5.11. The Labute approximate surface area is 127 Å². The van der Waals surface area contributed by atoms with Gasteiger partial charge in [-0.2, -0.15) is 4.31 Å². The van der Waals surface area contributed by atoms with Crippen LogP contribution in [0.25, 0.3) is 0 Å². The molecule has 2 heterocycles. The third-order valence-corrected chi connectivity index (χ3v) is 6.67. The first-order valence-corrected chi connectivity index (χ1v) is 9.36. The van der Waals surface area contributed by atoms with Gasteiger partial charge in [0.25, 0.3) is 0 Å². The van der Waals surface area contributed by atoms with Crippen molar-refractivity contribution in [1.29, 1.82) is 0 Å². The highest BCUT2D eigenvalue weighted by molar-refractivity contribution is 7.89. The molecule has 1 saturated heterocycles. The lowest BCUT2D eigenvalue weighted by atomic mass is 10.0. The molecule has 1 aromatic heterocycles. The summed E-state index contributed by atoms with van der Waals surface area (Å²) in [6.45, 7) is 4.73. The predicted octanol–water partition coefficient (Wildman–Crippen LogP) is 2.22. The summed E-state index contributed by atoms with van der Waals surface area (Å²) in [4.78, 5) is 3.49. The summed E-state index contributed by atoms with van der Waals surface area (Å²) in [7, 11) is -3.39. The topological polar surface area (TPSA) is 65.2 Å². The Morgan fingerprint density at radius 3 is 2.52 bits per heavy atom. The summed E-state index contributed by atoms with van der Waals surface area (Å²) < 4.78 is 27.4. The van der Waals surface area contributed by atoms with Crippen LogP contribution in [0.1, 0.15) is 51.6 Å². The monoisotopic (exact) mass is 311 g/mol. The van der Waals surface area contributed by atoms with E-state index in [1.165, 1.54) is 12.8 Å². The molecule has 1 saturated carbocycles. The van der Waals surface area contributed by atoms with Gasteiger partial charge >= 0.3 is 0 Å². The quantitative estimate of drug-likeness (QED) is 0.876. The molecule has 2 unspecified atom stereocenters. The van der Waals surface area contributed by atoms with Gasteiger partial charge in [0.05, 0.1) is 4.90 Å². The lowest BCUT2D eigenvalue weighted by Gasteiger charge is -2.37. The fourth-order valence-electron chi connectivity index (χ4n) is 3.20. The van der Waals surface area contributed by atoms with Gasteiger partial charge in [0.1, 0.15) is 0 Å². The number of nitrogens with one attached hydrogen (secondary N) is 2. The second-order valence-corrected chi connectivity index (χ2v) is 8.32. The van der Waals surface area contributed by atoms with E-state index in [1.807, 2.05) is 13.8 Å². The molecule has 0 radical (unpaired) electrons. The smallest absolute Gasteiger partial charge is 0.245 e. The fraction of sp³-hybridized carbons (Fsp3) is 0.733.